The predicted molar refractivity (Wildman–Crippen MR) is 415 cm³/mol. The van der Waals surface area contributed by atoms with E-state index >= 15 is 14.4 Å². The highest BCUT2D eigenvalue weighted by Crippen LogP contribution is 2.58. The van der Waals surface area contributed by atoms with Crippen molar-refractivity contribution in [3.8, 4) is 200 Å². The quantitative estimate of drug-likeness (QED) is 0.0419. The van der Waals surface area contributed by atoms with Crippen molar-refractivity contribution >= 4 is 59.7 Å². The maximum Gasteiger partial charge on any atom is 0.344 e. The topological polar surface area (TPSA) is 877 Å². The number of carbonyl (C=O) groups is 10. The molecule has 2 fully saturated rings. The van der Waals surface area contributed by atoms with E-state index in [0.29, 0.717) is 60.7 Å². The number of esters is 10. The molecule has 0 aliphatic carbocycles. The van der Waals surface area contributed by atoms with Crippen LogP contribution in [-0.4, -0.2) is 282 Å². The molecule has 52 heteroatoms. The smallest absolute Gasteiger partial charge is 0.344 e. The monoisotopic (exact) mass is 1870 g/mol. The van der Waals surface area contributed by atoms with E-state index in [0.717, 1.165) is 0 Å². The Bertz CT molecular complexity index is 6660. The van der Waals surface area contributed by atoms with Crippen molar-refractivity contribution in [1.82, 2.24) is 0 Å². The maximum atomic E-state index is 15.4. The van der Waals surface area contributed by atoms with Crippen molar-refractivity contribution in [2.75, 3.05) is 13.2 Å². The third kappa shape index (κ3) is 16.2. The first kappa shape index (κ1) is 91.0. The minimum atomic E-state index is -3.10. The lowest BCUT2D eigenvalue weighted by Crippen LogP contribution is -2.63. The molecule has 0 unspecified atom stereocenters. The molecule has 0 amide bonds. The van der Waals surface area contributed by atoms with E-state index in [2.05, 4.69) is 0 Å². The summed E-state index contributed by atoms with van der Waals surface area (Å²) in [7, 11) is 0. The fraction of sp³-hybridized carbons (Fsp3) is 0.146. The van der Waals surface area contributed by atoms with Crippen LogP contribution in [0.25, 0.3) is 22.3 Å². The van der Waals surface area contributed by atoms with Gasteiger partial charge in [-0.05, 0) is 84.9 Å². The Balaban J connectivity index is 0.880. The molecule has 10 atom stereocenters. The standard InChI is InChI=1S/C82H58O52/c83-28-1-18(2-29(84)49(28)97)71(112)129-67-65-43(16-122-76(117)23-11-37(92)54(102)59(107)45(23)47-25(78(119)127-65)13-39(94)56(104)61(47)109)125-81(69(67)131-73(114)20-5-32(87)51(99)33(88)6-20)133-75(116)22-9-36(91)53(101)42(10-22)124-64-27(15-41(96)58(106)63(64)111)80(121)134-82-70(132-74(115)21-7-34(89)52(100)35(90)8-21)68(130-72(113)19-3-30(85)50(98)31(86)4-19)66-44(126-82)17-123-77(118)24-12-38(93)55(103)60(108)46(24)48-26(79(120)128-66)14-40(95)57(105)62(48)110/h1-15,43-44,65-70,81-111H,16-17H2/t43-,44-,65+,66+,67-,68-,69+,70+,81-,82-/m0/s1. The van der Waals surface area contributed by atoms with Crippen LogP contribution in [0.5, 0.6) is 178 Å². The Hall–Kier alpha value is -19.2. The van der Waals surface area contributed by atoms with Crippen LogP contribution in [-0.2, 0) is 56.8 Å². The van der Waals surface area contributed by atoms with Crippen LogP contribution >= 0.6 is 0 Å². The predicted octanol–water partition coefficient (Wildman–Crippen LogP) is 3.73. The van der Waals surface area contributed by atoms with Crippen LogP contribution in [0, 0.1) is 0 Å². The largest absolute Gasteiger partial charge is 0.504 e. The molecule has 10 aromatic rings. The zero-order chi connectivity index (χ0) is 97.7. The minimum absolute atomic E-state index is 0.102. The Morgan fingerprint density at radius 2 is 0.485 bits per heavy atom. The molecule has 4 aliphatic rings. The SMILES string of the molecule is O=C(O[C@@H]1O[C@H]2COC(=O)c3cc(O)c(O)c(O)c3-c3c(cc(O)c(O)c3O)C(=O)O[C@H]2[C@H](OC(=O)c2cc(O)c(O)c(O)c2)[C@H]1OC(=O)c1cc(O)c(O)c(O)c1)c1cc(O)c(O)c(Oc2c(C(=O)O[C@@H]3O[C@H]4COC(=O)c5cc(O)c(O)c(O)c5-c5c(cc(O)c(O)c5O)C(=O)O[C@H]4[C@H](OC(=O)c4cc(O)c(O)c(O)c4)[C@H]3OC(=O)c3cc(O)c(O)c(O)c3)cc(O)c(O)c2O)c1. The van der Waals surface area contributed by atoms with Crippen LogP contribution in [0.1, 0.15) is 104 Å². The number of carbonyl (C=O) groups excluding carboxylic acids is 10. The van der Waals surface area contributed by atoms with Crippen molar-refractivity contribution in [3.63, 3.8) is 0 Å². The van der Waals surface area contributed by atoms with Gasteiger partial charge in [0.15, 0.2) is 162 Å². The minimum Gasteiger partial charge on any atom is -0.504 e. The van der Waals surface area contributed by atoms with E-state index in [1.807, 2.05) is 0 Å². The molecule has 0 bridgehead atoms. The van der Waals surface area contributed by atoms with Crippen molar-refractivity contribution in [1.29, 1.82) is 0 Å². The van der Waals surface area contributed by atoms with E-state index in [1.54, 1.807) is 0 Å². The first-order chi connectivity index (χ1) is 63.0. The lowest BCUT2D eigenvalue weighted by atomic mass is 9.92. The van der Waals surface area contributed by atoms with E-state index in [9.17, 15) is 182 Å². The van der Waals surface area contributed by atoms with Gasteiger partial charge in [0.2, 0.25) is 65.0 Å². The summed E-state index contributed by atoms with van der Waals surface area (Å²) >= 11 is 0. The first-order valence-electron chi connectivity index (χ1n) is 37.0. The molecule has 0 saturated carbocycles. The number of hydrogen-bond donors (Lipinski definition) is 29. The summed E-state index contributed by atoms with van der Waals surface area (Å²) in [4.78, 5) is 148. The lowest BCUT2D eigenvalue weighted by Gasteiger charge is -2.43. The van der Waals surface area contributed by atoms with Crippen LogP contribution in [0.3, 0.4) is 0 Å². The molecule has 14 rings (SSSR count). The summed E-state index contributed by atoms with van der Waals surface area (Å²) in [5.74, 6) is -65.2. The molecule has 52 nitrogen and oxygen atoms in total. The number of cyclic esters (lactones) is 2. The van der Waals surface area contributed by atoms with Crippen LogP contribution < -0.4 is 4.74 Å². The van der Waals surface area contributed by atoms with Crippen LogP contribution in [0.15, 0.2) is 91.0 Å². The Morgan fingerprint density at radius 3 is 0.791 bits per heavy atom. The Kier molecular flexibility index (Phi) is 23.2. The number of benzene rings is 10. The highest BCUT2D eigenvalue weighted by atomic mass is 16.8. The van der Waals surface area contributed by atoms with Crippen LogP contribution in [0.4, 0.5) is 0 Å². The third-order valence-electron chi connectivity index (χ3n) is 20.4. The number of fused-ring (bicyclic) bond motifs is 8. The fourth-order valence-electron chi connectivity index (χ4n) is 13.9. The van der Waals surface area contributed by atoms with Gasteiger partial charge in [0.25, 0.3) is 0 Å². The van der Waals surface area contributed by atoms with Gasteiger partial charge in [0.1, 0.15) is 31.0 Å². The van der Waals surface area contributed by atoms with E-state index in [4.69, 9.17) is 61.6 Å². The summed E-state index contributed by atoms with van der Waals surface area (Å²) in [6.45, 7) is -3.14. The summed E-state index contributed by atoms with van der Waals surface area (Å²) in [6, 6.07) is 4.83. The molecule has 0 spiro atoms. The van der Waals surface area contributed by atoms with E-state index in [1.165, 1.54) is 0 Å². The summed E-state index contributed by atoms with van der Waals surface area (Å²) < 4.78 is 74.3. The van der Waals surface area contributed by atoms with Crippen molar-refractivity contribution in [3.05, 3.63) is 147 Å². The molecule has 0 radical (unpaired) electrons. The second kappa shape index (κ2) is 34.2. The first-order valence-corrected chi connectivity index (χ1v) is 37.0. The van der Waals surface area contributed by atoms with Gasteiger partial charge in [-0.2, -0.15) is 0 Å². The van der Waals surface area contributed by atoms with E-state index < -0.39 is 390 Å². The normalized spacial score (nSPS) is 19.1. The number of phenols is 29. The molecule has 0 aromatic heterocycles. The van der Waals surface area contributed by atoms with Crippen LogP contribution in [0.2, 0.25) is 0 Å². The molecule has 4 heterocycles. The van der Waals surface area contributed by atoms with Gasteiger partial charge in [-0.1, -0.05) is 0 Å². The number of phenolic OH excluding ortho intramolecular Hbond substituents is 29. The molecule has 10 aromatic carbocycles. The van der Waals surface area contributed by atoms with Gasteiger partial charge in [-0.15, -0.1) is 0 Å². The number of aromatic hydroxyl groups is 29. The Labute approximate surface area is 736 Å². The third-order valence-corrected chi connectivity index (χ3v) is 20.4. The van der Waals surface area contributed by atoms with E-state index in [-0.39, 0.29) is 30.3 Å². The second-order valence-corrected chi connectivity index (χ2v) is 28.7. The van der Waals surface area contributed by atoms with Gasteiger partial charge in [0, 0.05) is 28.3 Å². The zero-order valence-electron chi connectivity index (χ0n) is 65.7. The molecule has 4 aliphatic heterocycles. The summed E-state index contributed by atoms with van der Waals surface area (Å²) in [5.41, 5.74) is -17.0. The molecule has 698 valence electrons. The number of ether oxygens (including phenoxy) is 13. The van der Waals surface area contributed by atoms with Gasteiger partial charge in [-0.25, -0.2) is 47.9 Å². The number of rotatable bonds is 14. The van der Waals surface area contributed by atoms with Crippen molar-refractivity contribution in [2.24, 2.45) is 0 Å². The molecule has 2 saturated heterocycles. The molecule has 134 heavy (non-hydrogen) atoms. The zero-order valence-corrected chi connectivity index (χ0v) is 65.7. The summed E-state index contributed by atoms with van der Waals surface area (Å²) in [5, 5.41) is 314. The fourth-order valence-corrected chi connectivity index (χ4v) is 13.9. The molecular formula is C82H58O52. The highest BCUT2D eigenvalue weighted by molar-refractivity contribution is 6.11. The van der Waals surface area contributed by atoms with Gasteiger partial charge in [-0.3, -0.25) is 0 Å². The van der Waals surface area contributed by atoms with Gasteiger partial charge < -0.3 is 210 Å². The van der Waals surface area contributed by atoms with Crippen molar-refractivity contribution in [2.45, 2.75) is 61.4 Å². The maximum absolute atomic E-state index is 15.4. The molecule has 29 N–H and O–H groups in total. The lowest BCUT2D eigenvalue weighted by molar-refractivity contribution is -0.282. The second-order valence-electron chi connectivity index (χ2n) is 28.7. The van der Waals surface area contributed by atoms with Gasteiger partial charge >= 0.3 is 59.7 Å². The van der Waals surface area contributed by atoms with Gasteiger partial charge in [0.05, 0.1) is 50.1 Å². The summed E-state index contributed by atoms with van der Waals surface area (Å²) in [6.07, 6.45) is -28.6. The Morgan fingerprint density at radius 1 is 0.246 bits per heavy atom. The molecular weight excluding hydrogens is 1820 g/mol. The average molecular weight is 1880 g/mol. The van der Waals surface area contributed by atoms with Crippen molar-refractivity contribution < 1.29 is 258 Å². The average Bonchev–Trinajstić information content (AvgIpc) is 0.992. The number of hydrogen-bond acceptors (Lipinski definition) is 52. The highest BCUT2D eigenvalue weighted by Gasteiger charge is 2.58.